The molecule has 50 valence electrons. The molecule has 0 bridgehead atoms. The van der Waals surface area contributed by atoms with Crippen LogP contribution in [0.2, 0.25) is 10.2 Å². The van der Waals surface area contributed by atoms with Gasteiger partial charge in [0.1, 0.15) is 0 Å². The zero-order chi connectivity index (χ0) is 7.98. The van der Waals surface area contributed by atoms with Crippen molar-refractivity contribution < 1.29 is 16.3 Å². The van der Waals surface area contributed by atoms with Crippen LogP contribution in [0.25, 0.3) is 0 Å². The van der Waals surface area contributed by atoms with Crippen molar-refractivity contribution in [2.45, 2.75) is 0 Å². The molecule has 0 aliphatic rings. The van der Waals surface area contributed by atoms with E-state index in [9.17, 15) is 0 Å². The Kier molecular flexibility index (Phi) is 7.08. The van der Waals surface area contributed by atoms with E-state index < -0.39 is 0 Å². The normalized spacial score (nSPS) is 8.10. The Morgan fingerprint density at radius 3 is 2.40 bits per heavy atom. The van der Waals surface area contributed by atoms with Crippen molar-refractivity contribution in [2.75, 3.05) is 0 Å². The van der Waals surface area contributed by atoms with Gasteiger partial charge in [0.2, 0.25) is 0 Å². The molecule has 0 N–H and O–H groups in total. The van der Waals surface area contributed by atoms with Crippen molar-refractivity contribution in [2.24, 2.45) is 0 Å². The molecule has 1 aromatic heterocycles. The topological polar surface area (TPSA) is 12.9 Å². The van der Waals surface area contributed by atoms with Crippen LogP contribution < -0.4 is 0 Å². The number of hydrogen-bond donors (Lipinski definition) is 0. The van der Waals surface area contributed by atoms with Crippen LogP contribution in [0.3, 0.4) is 0 Å². The van der Waals surface area contributed by atoms with Gasteiger partial charge in [-0.3, -0.25) is 4.98 Å². The van der Waals surface area contributed by atoms with E-state index in [2.05, 4.69) is 24.7 Å². The maximum absolute atomic E-state index is 5.46. The van der Waals surface area contributed by atoms with Gasteiger partial charge in [0.25, 0.3) is 0 Å². The predicted octanol–water partition coefficient (Wildman–Crippen LogP) is 3.03. The second-order valence-electron chi connectivity index (χ2n) is 1.22. The Balaban J connectivity index is 0.000000371. The van der Waals surface area contributed by atoms with E-state index in [1.54, 1.807) is 6.07 Å². The van der Waals surface area contributed by atoms with Gasteiger partial charge in [-0.05, 0) is 6.20 Å². The molecule has 0 aliphatic carbocycles. The zero-order valence-electron chi connectivity index (χ0n) is 4.94. The van der Waals surface area contributed by atoms with Crippen LogP contribution in [-0.2, 0) is 16.3 Å². The molecule has 0 fully saturated rings. The number of nitrogens with zero attached hydrogens (tertiary/aromatic N) is 1. The standard InChI is InChI=1S/C5H2Cl2N.BrH.Zn/c6-4-1-2-5(7)8-3-4;;/h1,3H;1H;/q-1;;+2/p-1. The Labute approximate surface area is 86.2 Å². The summed E-state index contributed by atoms with van der Waals surface area (Å²) >= 11 is 15.1. The first-order valence-electron chi connectivity index (χ1n) is 2.24. The van der Waals surface area contributed by atoms with Gasteiger partial charge in [0.05, 0.1) is 0 Å². The molecular weight excluding hydrogens is 290 g/mol. The summed E-state index contributed by atoms with van der Waals surface area (Å²) in [5.74, 6) is 0. The van der Waals surface area contributed by atoms with Crippen molar-refractivity contribution in [3.05, 3.63) is 28.5 Å². The molecule has 5 heteroatoms. The Morgan fingerprint density at radius 2 is 2.10 bits per heavy atom. The number of aromatic nitrogens is 1. The first-order chi connectivity index (χ1) is 4.79. The van der Waals surface area contributed by atoms with Gasteiger partial charge in [-0.2, -0.15) is 0 Å². The summed E-state index contributed by atoms with van der Waals surface area (Å²) in [4.78, 5) is 3.66. The first-order valence-corrected chi connectivity index (χ1v) is 9.95. The van der Waals surface area contributed by atoms with Gasteiger partial charge in [-0.25, -0.2) is 23.7 Å². The SMILES string of the molecule is Clc1c[c-]c(Cl)nc1.[Zn+][Br]. The van der Waals surface area contributed by atoms with E-state index in [4.69, 9.17) is 23.2 Å². The molecule has 0 radical (unpaired) electrons. The molecule has 0 amide bonds. The average Bonchev–Trinajstić information content (AvgIpc) is 2.00. The predicted molar refractivity (Wildman–Crippen MR) is 42.0 cm³/mol. The molecule has 1 nitrogen and oxygen atoms in total. The summed E-state index contributed by atoms with van der Waals surface area (Å²) < 4.78 is 0. The molecule has 0 atom stereocenters. The van der Waals surface area contributed by atoms with Crippen LogP contribution in [0.4, 0.5) is 0 Å². The van der Waals surface area contributed by atoms with Crippen molar-refractivity contribution in [1.82, 2.24) is 4.98 Å². The van der Waals surface area contributed by atoms with Crippen molar-refractivity contribution in [3.8, 4) is 0 Å². The molecule has 0 aromatic carbocycles. The molecule has 0 saturated carbocycles. The maximum atomic E-state index is 5.46. The summed E-state index contributed by atoms with van der Waals surface area (Å²) in [6, 6.07) is 4.19. The summed E-state index contributed by atoms with van der Waals surface area (Å²) in [6.45, 7) is 0. The third-order valence-corrected chi connectivity index (χ3v) is 1.04. The van der Waals surface area contributed by atoms with Gasteiger partial charge in [-0.15, -0.1) is 0 Å². The van der Waals surface area contributed by atoms with Gasteiger partial charge < -0.3 is 0 Å². The minimum atomic E-state index is 0.342. The number of hydrogen-bond acceptors (Lipinski definition) is 1. The third kappa shape index (κ3) is 4.62. The summed E-state index contributed by atoms with van der Waals surface area (Å²) in [5.41, 5.74) is 0. The van der Waals surface area contributed by atoms with E-state index >= 15 is 0 Å². The minimum absolute atomic E-state index is 0.342. The summed E-state index contributed by atoms with van der Waals surface area (Å²) in [5, 5.41) is 0.892. The number of rotatable bonds is 0. The fourth-order valence-corrected chi connectivity index (χ4v) is 0.528. The monoisotopic (exact) mass is 289 g/mol. The second kappa shape index (κ2) is 6.54. The molecular formula is C5H2BrCl2NZn. The quantitative estimate of drug-likeness (QED) is 0.407. The molecule has 10 heavy (non-hydrogen) atoms. The summed E-state index contributed by atoms with van der Waals surface area (Å²) in [6.07, 6.45) is 1.47. The Morgan fingerprint density at radius 1 is 1.50 bits per heavy atom. The van der Waals surface area contributed by atoms with Crippen LogP contribution in [0.1, 0.15) is 0 Å². The van der Waals surface area contributed by atoms with Gasteiger partial charge in [0, 0.05) is 5.15 Å². The third-order valence-electron chi connectivity index (χ3n) is 0.630. The van der Waals surface area contributed by atoms with E-state index in [0.29, 0.717) is 10.2 Å². The van der Waals surface area contributed by atoms with E-state index in [-0.39, 0.29) is 0 Å². The van der Waals surface area contributed by atoms with E-state index in [1.807, 2.05) is 0 Å². The van der Waals surface area contributed by atoms with Crippen LogP contribution in [0, 0.1) is 6.07 Å². The Bertz CT molecular complexity index is 159. The number of pyridine rings is 1. The molecule has 1 heterocycles. The first kappa shape index (κ1) is 10.8. The second-order valence-corrected chi connectivity index (χ2v) is 2.02. The van der Waals surface area contributed by atoms with Gasteiger partial charge >= 0.3 is 30.0 Å². The van der Waals surface area contributed by atoms with Gasteiger partial charge in [-0.1, -0.05) is 16.6 Å². The Hall–Kier alpha value is 0.833. The molecule has 1 aromatic rings. The van der Waals surface area contributed by atoms with Crippen LogP contribution >= 0.6 is 36.8 Å². The molecule has 0 unspecified atom stereocenters. The van der Waals surface area contributed by atoms with Gasteiger partial charge in [0.15, 0.2) is 0 Å². The van der Waals surface area contributed by atoms with Crippen molar-refractivity contribution in [3.63, 3.8) is 0 Å². The average molecular weight is 292 g/mol. The van der Waals surface area contributed by atoms with Crippen LogP contribution in [0.15, 0.2) is 12.3 Å². The fourth-order valence-electron chi connectivity index (χ4n) is 0.321. The van der Waals surface area contributed by atoms with Crippen molar-refractivity contribution in [1.29, 1.82) is 0 Å². The molecule has 0 saturated heterocycles. The van der Waals surface area contributed by atoms with E-state index in [0.717, 1.165) is 0 Å². The summed E-state index contributed by atoms with van der Waals surface area (Å²) in [7, 11) is 0. The molecule has 1 rings (SSSR count). The number of halogens is 3. The molecule has 0 aliphatic heterocycles. The van der Waals surface area contributed by atoms with E-state index in [1.165, 1.54) is 22.5 Å². The van der Waals surface area contributed by atoms with Crippen LogP contribution in [0.5, 0.6) is 0 Å². The molecule has 0 spiro atoms. The zero-order valence-corrected chi connectivity index (χ0v) is 11.0. The van der Waals surface area contributed by atoms with Crippen molar-refractivity contribution >= 4 is 36.8 Å². The fraction of sp³-hybridized carbons (Fsp3) is 0. The van der Waals surface area contributed by atoms with Crippen LogP contribution in [-0.4, -0.2) is 4.98 Å².